The Kier molecular flexibility index (Phi) is 16.4. The number of nitrogens with zero attached hydrogens (tertiary/aromatic N) is 2. The fourth-order valence-electron chi connectivity index (χ4n) is 9.28. The van der Waals surface area contributed by atoms with Gasteiger partial charge in [-0.1, -0.05) is 151 Å². The standard InChI is InChI=1S/C56H50Cl6N6O2S/c57-36-14-11-15-37(58)51(36)54-44-26-24-42(65-44)50(34-20-22-35(23-21-34)71(69,70)64-33-10-8-6-4-2-1-3-5-7-9-32-63)43-25-27-45(66-43)55(52-38(59)16-12-17-39(52)60)47-29-31-49(68-47)56(48-30-28-46(54)67-48)53-40(61)18-13-19-41(53)62/h11-31,64-65,68H,1-10,32-33,63H2. The van der Waals surface area contributed by atoms with Gasteiger partial charge in [0.1, 0.15) is 0 Å². The highest BCUT2D eigenvalue weighted by Crippen LogP contribution is 2.45. The summed E-state index contributed by atoms with van der Waals surface area (Å²) in [4.78, 5) is 18.1. The van der Waals surface area contributed by atoms with Crippen LogP contribution in [0, 0.1) is 0 Å². The predicted octanol–water partition coefficient (Wildman–Crippen LogP) is 17.4. The maximum atomic E-state index is 13.6. The lowest BCUT2D eigenvalue weighted by Crippen LogP contribution is -2.24. The molecule has 0 fully saturated rings. The van der Waals surface area contributed by atoms with Crippen LogP contribution in [0.15, 0.2) is 108 Å². The van der Waals surface area contributed by atoms with Crippen molar-refractivity contribution in [3.63, 3.8) is 0 Å². The van der Waals surface area contributed by atoms with Crippen LogP contribution >= 0.6 is 69.6 Å². The van der Waals surface area contributed by atoms with E-state index < -0.39 is 10.0 Å². The minimum absolute atomic E-state index is 0.163. The normalized spacial score (nSPS) is 12.3. The largest absolute Gasteiger partial charge is 0.354 e. The first-order chi connectivity index (χ1) is 34.4. The molecule has 0 aliphatic carbocycles. The van der Waals surface area contributed by atoms with E-state index in [1.165, 1.54) is 32.1 Å². The molecule has 71 heavy (non-hydrogen) atoms. The second-order valence-corrected chi connectivity index (χ2v) is 21.7. The van der Waals surface area contributed by atoms with Gasteiger partial charge in [-0.2, -0.15) is 0 Å². The first-order valence-corrected chi connectivity index (χ1v) is 27.5. The molecule has 15 heteroatoms. The lowest BCUT2D eigenvalue weighted by Gasteiger charge is -2.11. The van der Waals surface area contributed by atoms with Crippen LogP contribution in [0.4, 0.5) is 0 Å². The topological polar surface area (TPSA) is 130 Å². The van der Waals surface area contributed by atoms with Crippen LogP contribution in [0.5, 0.6) is 0 Å². The van der Waals surface area contributed by atoms with Crippen LogP contribution in [0.2, 0.25) is 30.1 Å². The van der Waals surface area contributed by atoms with E-state index in [-0.39, 0.29) is 4.90 Å². The molecule has 0 saturated heterocycles. The molecule has 0 radical (unpaired) electrons. The quantitative estimate of drug-likeness (QED) is 0.0636. The fourth-order valence-corrected chi connectivity index (χ4v) is 12.1. The van der Waals surface area contributed by atoms with Gasteiger partial charge in [-0.3, -0.25) is 0 Å². The third kappa shape index (κ3) is 11.2. The highest BCUT2D eigenvalue weighted by molar-refractivity contribution is 7.89. The molecule has 4 aromatic carbocycles. The summed E-state index contributed by atoms with van der Waals surface area (Å²) in [6, 6.07) is 30.8. The Morgan fingerprint density at radius 2 is 0.732 bits per heavy atom. The molecule has 0 saturated carbocycles. The lowest BCUT2D eigenvalue weighted by molar-refractivity contribution is 0.546. The predicted molar refractivity (Wildman–Crippen MR) is 301 cm³/mol. The first kappa shape index (κ1) is 51.0. The molecule has 364 valence electrons. The Labute approximate surface area is 444 Å². The molecule has 5 heterocycles. The molecule has 8 nitrogen and oxygen atoms in total. The van der Waals surface area contributed by atoms with Crippen LogP contribution in [0.25, 0.3) is 90.9 Å². The van der Waals surface area contributed by atoms with Gasteiger partial charge in [0.2, 0.25) is 10.0 Å². The minimum Gasteiger partial charge on any atom is -0.354 e. The summed E-state index contributed by atoms with van der Waals surface area (Å²) >= 11 is 42.1. The lowest BCUT2D eigenvalue weighted by atomic mass is 10.0. The van der Waals surface area contributed by atoms with Gasteiger partial charge in [-0.25, -0.2) is 23.1 Å². The highest BCUT2D eigenvalue weighted by Gasteiger charge is 2.24. The molecular weight excluding hydrogens is 1030 g/mol. The molecule has 5 N–H and O–H groups in total. The number of nitrogens with two attached hydrogens (primary N) is 1. The second kappa shape index (κ2) is 22.9. The maximum absolute atomic E-state index is 13.6. The minimum atomic E-state index is -3.79. The zero-order valence-corrected chi connectivity index (χ0v) is 43.9. The Hall–Kier alpha value is -4.91. The molecule has 2 aliphatic heterocycles. The van der Waals surface area contributed by atoms with Crippen LogP contribution in [0.3, 0.4) is 0 Å². The zero-order valence-electron chi connectivity index (χ0n) is 38.6. The van der Waals surface area contributed by atoms with E-state index in [2.05, 4.69) is 14.7 Å². The van der Waals surface area contributed by atoms with Crippen molar-refractivity contribution in [1.29, 1.82) is 0 Å². The van der Waals surface area contributed by atoms with Gasteiger partial charge in [-0.05, 0) is 122 Å². The summed E-state index contributed by atoms with van der Waals surface area (Å²) in [6.07, 6.45) is 18.9. The van der Waals surface area contributed by atoms with E-state index in [0.29, 0.717) is 126 Å². The van der Waals surface area contributed by atoms with Gasteiger partial charge in [-0.15, -0.1) is 0 Å². The van der Waals surface area contributed by atoms with Crippen LogP contribution < -0.4 is 10.5 Å². The maximum Gasteiger partial charge on any atom is 0.240 e. The number of nitrogens with one attached hydrogen (secondary N) is 3. The number of hydrogen-bond acceptors (Lipinski definition) is 5. The number of sulfonamides is 1. The first-order valence-electron chi connectivity index (χ1n) is 23.7. The monoisotopic (exact) mass is 1080 g/mol. The summed E-state index contributed by atoms with van der Waals surface area (Å²) in [5, 5.41) is 2.56. The summed E-state index contributed by atoms with van der Waals surface area (Å²) in [7, 11) is -3.79. The number of fused-ring (bicyclic) bond motifs is 8. The van der Waals surface area contributed by atoms with Gasteiger partial charge in [0.05, 0.1) is 57.8 Å². The number of aromatic amines is 2. The van der Waals surface area contributed by atoms with Crippen molar-refractivity contribution in [2.75, 3.05) is 13.1 Å². The van der Waals surface area contributed by atoms with Crippen molar-refractivity contribution in [1.82, 2.24) is 24.7 Å². The van der Waals surface area contributed by atoms with Crippen molar-refractivity contribution < 1.29 is 8.42 Å². The Morgan fingerprint density at radius 3 is 1.10 bits per heavy atom. The number of benzene rings is 4. The summed E-state index contributed by atoms with van der Waals surface area (Å²) < 4.78 is 30.1. The van der Waals surface area contributed by atoms with Gasteiger partial charge in [0.15, 0.2) is 0 Å². The number of rotatable bonds is 18. The molecule has 0 unspecified atom stereocenters. The zero-order chi connectivity index (χ0) is 49.6. The molecule has 0 amide bonds. The highest BCUT2D eigenvalue weighted by atomic mass is 35.5. The number of hydrogen-bond donors (Lipinski definition) is 4. The number of unbranched alkanes of at least 4 members (excludes halogenated alkanes) is 9. The summed E-state index contributed by atoms with van der Waals surface area (Å²) in [6.45, 7) is 1.13. The van der Waals surface area contributed by atoms with Gasteiger partial charge < -0.3 is 15.7 Å². The molecule has 8 bridgehead atoms. The van der Waals surface area contributed by atoms with Crippen LogP contribution in [-0.4, -0.2) is 41.4 Å². The van der Waals surface area contributed by atoms with E-state index in [1.807, 2.05) is 48.6 Å². The van der Waals surface area contributed by atoms with E-state index in [4.69, 9.17) is 85.3 Å². The van der Waals surface area contributed by atoms with Crippen LogP contribution in [0.1, 0.15) is 87.0 Å². The Morgan fingerprint density at radius 1 is 0.408 bits per heavy atom. The number of halogens is 6. The van der Waals surface area contributed by atoms with Crippen molar-refractivity contribution in [3.8, 4) is 44.5 Å². The van der Waals surface area contributed by atoms with E-state index in [9.17, 15) is 8.42 Å². The molecule has 3 aromatic heterocycles. The molecule has 0 spiro atoms. The second-order valence-electron chi connectivity index (χ2n) is 17.5. The van der Waals surface area contributed by atoms with Gasteiger partial charge in [0.25, 0.3) is 0 Å². The Bertz CT molecular complexity index is 3370. The molecule has 0 atom stereocenters. The van der Waals surface area contributed by atoms with Crippen molar-refractivity contribution in [2.45, 2.75) is 69.1 Å². The fraction of sp³-hybridized carbons (Fsp3) is 0.214. The van der Waals surface area contributed by atoms with Gasteiger partial charge in [0, 0.05) is 67.6 Å². The van der Waals surface area contributed by atoms with E-state index in [0.717, 1.165) is 38.6 Å². The number of aromatic nitrogens is 4. The Balaban J connectivity index is 1.20. The molecule has 2 aliphatic rings. The number of H-pyrrole nitrogens is 2. The molecular formula is C56H50Cl6N6O2S. The molecule has 7 aromatic rings. The van der Waals surface area contributed by atoms with Crippen molar-refractivity contribution in [3.05, 3.63) is 156 Å². The molecule has 9 rings (SSSR count). The smallest absolute Gasteiger partial charge is 0.240 e. The van der Waals surface area contributed by atoms with Crippen LogP contribution in [-0.2, 0) is 10.0 Å². The summed E-state index contributed by atoms with van der Waals surface area (Å²) in [5.74, 6) is 0. The van der Waals surface area contributed by atoms with Crippen molar-refractivity contribution >= 4 is 126 Å². The third-order valence-corrected chi connectivity index (χ3v) is 16.1. The van der Waals surface area contributed by atoms with Gasteiger partial charge >= 0.3 is 0 Å². The average Bonchev–Trinajstić information content (AvgIpc) is 4.21. The average molecular weight is 1080 g/mol. The SMILES string of the molecule is NCCCCCCCCCCCCNS(=O)(=O)c1ccc(-c2c3nc(c(-c4c(Cl)cccc4Cl)c4ccc([nH]4)c(-c4c(Cl)cccc4Cl)c4nc(c(-c5c(Cl)cccc5Cl)c5ccc2[nH]5)C=C4)C=C3)cc1. The summed E-state index contributed by atoms with van der Waals surface area (Å²) in [5.41, 5.74) is 15.6. The third-order valence-electron chi connectivity index (χ3n) is 12.8. The van der Waals surface area contributed by atoms with E-state index >= 15 is 0 Å². The van der Waals surface area contributed by atoms with E-state index in [1.54, 1.807) is 78.9 Å². The van der Waals surface area contributed by atoms with Crippen molar-refractivity contribution in [2.24, 2.45) is 5.73 Å².